The Morgan fingerprint density at radius 3 is 2.67 bits per heavy atom. The Labute approximate surface area is 159 Å². The highest BCUT2D eigenvalue weighted by molar-refractivity contribution is 6.43. The Morgan fingerprint density at radius 1 is 1.19 bits per heavy atom. The van der Waals surface area contributed by atoms with E-state index in [0.717, 1.165) is 25.7 Å². The maximum absolute atomic E-state index is 12.1. The lowest BCUT2D eigenvalue weighted by Gasteiger charge is -2.17. The lowest BCUT2D eigenvalue weighted by atomic mass is 9.76. The van der Waals surface area contributed by atoms with Gasteiger partial charge in [0.05, 0.1) is 5.94 Å². The zero-order valence-corrected chi connectivity index (χ0v) is 15.5. The number of unbranched alkanes of at least 4 members (excludes halogenated alkanes) is 1. The molecule has 0 fully saturated rings. The highest BCUT2D eigenvalue weighted by atomic mass is 16.4. The summed E-state index contributed by atoms with van der Waals surface area (Å²) in [7, 11) is -1.60. The molecular formula is C18H28BN5O3. The summed E-state index contributed by atoms with van der Waals surface area (Å²) in [6.07, 6.45) is 6.09. The first-order chi connectivity index (χ1) is 13.1. The second-order valence-corrected chi connectivity index (χ2v) is 6.57. The SMILES string of the molecule is NCCCCC(NC(=O)Cn1cnc(CCCc2ccccc2)n1)B(O)O. The van der Waals surface area contributed by atoms with Gasteiger partial charge in [-0.05, 0) is 37.8 Å². The Balaban J connectivity index is 1.75. The number of hydrogen-bond donors (Lipinski definition) is 4. The quantitative estimate of drug-likeness (QED) is 0.308. The molecule has 146 valence electrons. The molecule has 1 heterocycles. The predicted octanol–water partition coefficient (Wildman–Crippen LogP) is 0.0792. The van der Waals surface area contributed by atoms with Crippen LogP contribution in [0.1, 0.15) is 37.1 Å². The van der Waals surface area contributed by atoms with Crippen molar-refractivity contribution in [3.63, 3.8) is 0 Å². The summed E-state index contributed by atoms with van der Waals surface area (Å²) in [5.41, 5.74) is 6.71. The van der Waals surface area contributed by atoms with Crippen molar-refractivity contribution >= 4 is 13.0 Å². The summed E-state index contributed by atoms with van der Waals surface area (Å²) in [6, 6.07) is 10.2. The smallest absolute Gasteiger partial charge is 0.426 e. The van der Waals surface area contributed by atoms with Crippen LogP contribution in [-0.2, 0) is 24.2 Å². The van der Waals surface area contributed by atoms with Gasteiger partial charge in [0.2, 0.25) is 5.91 Å². The van der Waals surface area contributed by atoms with Gasteiger partial charge < -0.3 is 21.1 Å². The minimum atomic E-state index is -1.60. The van der Waals surface area contributed by atoms with Crippen LogP contribution in [-0.4, -0.2) is 50.3 Å². The molecule has 9 heteroatoms. The standard InChI is InChI=1S/C18H28BN5O3/c20-12-5-4-10-16(19(26)27)22-18(25)13-24-14-21-17(23-24)11-6-9-15-7-2-1-3-8-15/h1-3,7-8,14,16,26-27H,4-6,9-13,20H2,(H,22,25). The predicted molar refractivity (Wildman–Crippen MR) is 104 cm³/mol. The van der Waals surface area contributed by atoms with Gasteiger partial charge in [-0.25, -0.2) is 9.67 Å². The largest absolute Gasteiger partial charge is 0.475 e. The molecule has 1 atom stereocenters. The van der Waals surface area contributed by atoms with Crippen molar-refractivity contribution in [1.82, 2.24) is 20.1 Å². The number of amides is 1. The minimum Gasteiger partial charge on any atom is -0.426 e. The second-order valence-electron chi connectivity index (χ2n) is 6.57. The Morgan fingerprint density at radius 2 is 1.96 bits per heavy atom. The summed E-state index contributed by atoms with van der Waals surface area (Å²) >= 11 is 0. The normalized spacial score (nSPS) is 12.0. The maximum Gasteiger partial charge on any atom is 0.475 e. The van der Waals surface area contributed by atoms with Crippen molar-refractivity contribution in [1.29, 1.82) is 0 Å². The molecule has 0 aliphatic heterocycles. The van der Waals surface area contributed by atoms with Gasteiger partial charge in [-0.3, -0.25) is 4.79 Å². The molecule has 0 radical (unpaired) electrons. The van der Waals surface area contributed by atoms with Gasteiger partial charge in [0.1, 0.15) is 12.9 Å². The van der Waals surface area contributed by atoms with Gasteiger partial charge in [-0.2, -0.15) is 5.10 Å². The van der Waals surface area contributed by atoms with Gasteiger partial charge in [-0.1, -0.05) is 36.8 Å². The van der Waals surface area contributed by atoms with Crippen molar-refractivity contribution in [2.24, 2.45) is 5.73 Å². The van der Waals surface area contributed by atoms with Crippen LogP contribution in [0, 0.1) is 0 Å². The fourth-order valence-corrected chi connectivity index (χ4v) is 2.82. The number of carbonyl (C=O) groups is 1. The molecule has 5 N–H and O–H groups in total. The molecule has 2 aromatic rings. The fourth-order valence-electron chi connectivity index (χ4n) is 2.82. The Hall–Kier alpha value is -2.23. The monoisotopic (exact) mass is 373 g/mol. The number of hydrogen-bond acceptors (Lipinski definition) is 6. The van der Waals surface area contributed by atoms with Crippen molar-refractivity contribution in [2.45, 2.75) is 51.0 Å². The summed E-state index contributed by atoms with van der Waals surface area (Å²) in [5.74, 6) is -0.347. The van der Waals surface area contributed by atoms with Gasteiger partial charge in [0.15, 0.2) is 5.82 Å². The van der Waals surface area contributed by atoms with E-state index in [1.165, 1.54) is 16.6 Å². The van der Waals surface area contributed by atoms with Gasteiger partial charge in [0, 0.05) is 6.42 Å². The van der Waals surface area contributed by atoms with Gasteiger partial charge >= 0.3 is 7.12 Å². The average Bonchev–Trinajstić information content (AvgIpc) is 3.09. The molecule has 1 amide bonds. The summed E-state index contributed by atoms with van der Waals surface area (Å²) in [6.45, 7) is 0.528. The molecule has 8 nitrogen and oxygen atoms in total. The number of rotatable bonds is 12. The summed E-state index contributed by atoms with van der Waals surface area (Å²) < 4.78 is 1.47. The third-order valence-electron chi connectivity index (χ3n) is 4.27. The molecule has 0 aliphatic rings. The van der Waals surface area contributed by atoms with Crippen LogP contribution in [0.15, 0.2) is 36.7 Å². The molecule has 0 spiro atoms. The van der Waals surface area contributed by atoms with Crippen LogP contribution in [0.5, 0.6) is 0 Å². The molecule has 0 bridgehead atoms. The first-order valence-corrected chi connectivity index (χ1v) is 9.36. The highest BCUT2D eigenvalue weighted by Crippen LogP contribution is 2.06. The molecule has 1 aromatic heterocycles. The van der Waals surface area contributed by atoms with E-state index in [1.807, 2.05) is 18.2 Å². The van der Waals surface area contributed by atoms with Gasteiger partial charge in [0.25, 0.3) is 0 Å². The van der Waals surface area contributed by atoms with Crippen molar-refractivity contribution in [2.75, 3.05) is 6.54 Å². The molecule has 0 aliphatic carbocycles. The van der Waals surface area contributed by atoms with Crippen LogP contribution in [0.4, 0.5) is 0 Å². The van der Waals surface area contributed by atoms with Crippen molar-refractivity contribution in [3.8, 4) is 0 Å². The molecular weight excluding hydrogens is 345 g/mol. The third-order valence-corrected chi connectivity index (χ3v) is 4.27. The van der Waals surface area contributed by atoms with E-state index in [0.29, 0.717) is 25.2 Å². The first kappa shape index (κ1) is 21.1. The summed E-state index contributed by atoms with van der Waals surface area (Å²) in [5, 5.41) is 25.7. The van der Waals surface area contributed by atoms with Crippen molar-refractivity contribution in [3.05, 3.63) is 48.0 Å². The Kier molecular flexibility index (Phi) is 8.96. The number of carbonyl (C=O) groups excluding carboxylic acids is 1. The zero-order valence-electron chi connectivity index (χ0n) is 15.5. The van der Waals surface area contributed by atoms with E-state index < -0.39 is 13.1 Å². The minimum absolute atomic E-state index is 0.00814. The van der Waals surface area contributed by atoms with Crippen LogP contribution in [0.2, 0.25) is 0 Å². The number of nitrogens with two attached hydrogens (primary N) is 1. The van der Waals surface area contributed by atoms with Crippen LogP contribution in [0.25, 0.3) is 0 Å². The third kappa shape index (κ3) is 7.90. The summed E-state index contributed by atoms with van der Waals surface area (Å²) in [4.78, 5) is 16.4. The molecule has 0 saturated heterocycles. The molecule has 1 unspecified atom stereocenters. The Bertz CT molecular complexity index is 681. The highest BCUT2D eigenvalue weighted by Gasteiger charge is 2.24. The van der Waals surface area contributed by atoms with E-state index in [-0.39, 0.29) is 12.5 Å². The van der Waals surface area contributed by atoms with E-state index in [9.17, 15) is 14.8 Å². The maximum atomic E-state index is 12.1. The second kappa shape index (κ2) is 11.5. The molecule has 27 heavy (non-hydrogen) atoms. The van der Waals surface area contributed by atoms with E-state index in [2.05, 4.69) is 27.5 Å². The van der Waals surface area contributed by atoms with Crippen molar-refractivity contribution < 1.29 is 14.8 Å². The topological polar surface area (TPSA) is 126 Å². The van der Waals surface area contributed by atoms with E-state index >= 15 is 0 Å². The number of nitrogens with zero attached hydrogens (tertiary/aromatic N) is 3. The van der Waals surface area contributed by atoms with Crippen LogP contribution < -0.4 is 11.1 Å². The first-order valence-electron chi connectivity index (χ1n) is 9.36. The van der Waals surface area contributed by atoms with E-state index in [1.54, 1.807) is 0 Å². The number of nitrogens with one attached hydrogen (secondary N) is 1. The zero-order chi connectivity index (χ0) is 19.5. The van der Waals surface area contributed by atoms with E-state index in [4.69, 9.17) is 5.73 Å². The van der Waals surface area contributed by atoms with Crippen LogP contribution in [0.3, 0.4) is 0 Å². The molecule has 1 aromatic carbocycles. The fraction of sp³-hybridized carbons (Fsp3) is 0.500. The van der Waals surface area contributed by atoms with Gasteiger partial charge in [-0.15, -0.1) is 0 Å². The van der Waals surface area contributed by atoms with Crippen LogP contribution >= 0.6 is 0 Å². The number of aryl methyl sites for hydroxylation is 2. The average molecular weight is 373 g/mol. The number of benzene rings is 1. The molecule has 0 saturated carbocycles. The lowest BCUT2D eigenvalue weighted by molar-refractivity contribution is -0.122. The lowest BCUT2D eigenvalue weighted by Crippen LogP contribution is -2.47. The molecule has 2 rings (SSSR count). The number of aromatic nitrogens is 3.